The Bertz CT molecular complexity index is 1300. The molecule has 0 saturated heterocycles. The van der Waals surface area contributed by atoms with Gasteiger partial charge in [-0.05, 0) is 37.3 Å². The molecule has 1 aliphatic heterocycles. The van der Waals surface area contributed by atoms with Crippen molar-refractivity contribution in [2.45, 2.75) is 0 Å². The summed E-state index contributed by atoms with van der Waals surface area (Å²) in [6, 6.07) is 32.2. The van der Waals surface area contributed by atoms with Gasteiger partial charge in [-0.2, -0.15) is 24.9 Å². The van der Waals surface area contributed by atoms with Gasteiger partial charge in [0.2, 0.25) is 0 Å². The average molecular weight is 595 g/mol. The molecule has 0 amide bonds. The van der Waals surface area contributed by atoms with Crippen LogP contribution in [0.1, 0.15) is 0 Å². The second kappa shape index (κ2) is 9.82. The molecule has 32 heavy (non-hydrogen) atoms. The topological polar surface area (TPSA) is 32.5 Å². The largest absolute Gasteiger partial charge is 3.00 e. The number of hydrogen-bond donors (Lipinski definition) is 0. The molecular weight excluding hydrogens is 575 g/mol. The molecule has 0 unspecified atom stereocenters. The average Bonchev–Trinajstić information content (AvgIpc) is 3.44. The summed E-state index contributed by atoms with van der Waals surface area (Å²) in [5.74, 6) is 0. The van der Waals surface area contributed by atoms with Gasteiger partial charge in [-0.25, -0.2) is 0 Å². The van der Waals surface area contributed by atoms with Crippen molar-refractivity contribution in [3.8, 4) is 11.3 Å². The van der Waals surface area contributed by atoms with Crippen molar-refractivity contribution >= 4 is 27.6 Å². The van der Waals surface area contributed by atoms with Crippen LogP contribution in [0.15, 0.2) is 102 Å². The number of rotatable bonds is 2. The molecule has 0 atom stereocenters. The summed E-state index contributed by atoms with van der Waals surface area (Å²) in [5.41, 5.74) is 4.74. The van der Waals surface area contributed by atoms with E-state index in [0.29, 0.717) is 0 Å². The van der Waals surface area contributed by atoms with Crippen LogP contribution >= 0.6 is 0 Å². The predicted octanol–water partition coefficient (Wildman–Crippen LogP) is 6.27. The summed E-state index contributed by atoms with van der Waals surface area (Å²) < 4.78 is 5.99. The maximum Gasteiger partial charge on any atom is 3.00 e. The Hall–Kier alpha value is -3.40. The minimum absolute atomic E-state index is 0. The number of fused-ring (bicyclic) bond motifs is 3. The number of furan rings is 1. The smallest absolute Gasteiger partial charge is 0.514 e. The maximum absolute atomic E-state index is 5.99. The number of aromatic nitrogens is 1. The number of nitrogens with zero attached hydrogens (tertiary/aromatic N) is 3. The van der Waals surface area contributed by atoms with Crippen LogP contribution in [0.2, 0.25) is 0 Å². The third-order valence-corrected chi connectivity index (χ3v) is 5.00. The first-order valence-electron chi connectivity index (χ1n) is 10.0. The van der Waals surface area contributed by atoms with E-state index >= 15 is 0 Å². The molecule has 1 aliphatic rings. The van der Waals surface area contributed by atoms with E-state index in [0.717, 1.165) is 38.9 Å². The van der Waals surface area contributed by atoms with Gasteiger partial charge in [0.05, 0.1) is 0 Å². The molecule has 3 heterocycles. The zero-order valence-electron chi connectivity index (χ0n) is 17.4. The van der Waals surface area contributed by atoms with Crippen LogP contribution in [0.3, 0.4) is 0 Å². The summed E-state index contributed by atoms with van der Waals surface area (Å²) in [7, 11) is 2.00. The first-order chi connectivity index (χ1) is 15.3. The maximum atomic E-state index is 5.99. The zero-order valence-corrected chi connectivity index (χ0v) is 19.8. The van der Waals surface area contributed by atoms with Gasteiger partial charge < -0.3 is 19.2 Å². The van der Waals surface area contributed by atoms with Crippen LogP contribution in [-0.2, 0) is 20.1 Å². The molecule has 0 saturated carbocycles. The molecule has 5 heteroatoms. The third-order valence-electron chi connectivity index (χ3n) is 5.00. The van der Waals surface area contributed by atoms with Crippen molar-refractivity contribution in [3.63, 3.8) is 0 Å². The van der Waals surface area contributed by atoms with E-state index in [1.54, 1.807) is 6.20 Å². The molecule has 0 bridgehead atoms. The van der Waals surface area contributed by atoms with Crippen LogP contribution in [-0.4, -0.2) is 16.9 Å². The van der Waals surface area contributed by atoms with E-state index in [1.807, 2.05) is 109 Å². The zero-order chi connectivity index (χ0) is 21.0. The van der Waals surface area contributed by atoms with Crippen molar-refractivity contribution in [1.82, 2.24) is 9.88 Å². The van der Waals surface area contributed by atoms with Gasteiger partial charge in [-0.1, -0.05) is 41.4 Å². The molecule has 0 radical (unpaired) electrons. The molecule has 0 aliphatic carbocycles. The van der Waals surface area contributed by atoms with E-state index in [9.17, 15) is 0 Å². The first kappa shape index (κ1) is 21.8. The third kappa shape index (κ3) is 4.45. The van der Waals surface area contributed by atoms with Crippen molar-refractivity contribution in [3.05, 3.63) is 116 Å². The molecule has 6 rings (SSSR count). The monoisotopic (exact) mass is 595 g/mol. The molecule has 2 aromatic heterocycles. The summed E-state index contributed by atoms with van der Waals surface area (Å²) in [6.07, 6.45) is 5.78. The number of hydrogen-bond acceptors (Lipinski definition) is 4. The molecule has 5 aromatic rings. The molecule has 4 nitrogen and oxygen atoms in total. The Balaban J connectivity index is 0.000000164. The molecular formula is C27H20IrN3O. The summed E-state index contributed by atoms with van der Waals surface area (Å²) >= 11 is 0. The van der Waals surface area contributed by atoms with Gasteiger partial charge in [0.25, 0.3) is 0 Å². The normalized spacial score (nSPS) is 12.5. The van der Waals surface area contributed by atoms with Gasteiger partial charge in [-0.3, -0.25) is 0 Å². The van der Waals surface area contributed by atoms with Gasteiger partial charge in [0.1, 0.15) is 5.58 Å². The molecule has 158 valence electrons. The van der Waals surface area contributed by atoms with Crippen LogP contribution in [0.5, 0.6) is 0 Å². The fourth-order valence-corrected chi connectivity index (χ4v) is 3.53. The Morgan fingerprint density at radius 1 is 0.844 bits per heavy atom. The van der Waals surface area contributed by atoms with Crippen LogP contribution in [0, 0.1) is 18.8 Å². The molecule has 0 fully saturated rings. The Morgan fingerprint density at radius 2 is 1.69 bits per heavy atom. The summed E-state index contributed by atoms with van der Waals surface area (Å²) in [5, 5.41) is 2.27. The van der Waals surface area contributed by atoms with E-state index in [-0.39, 0.29) is 20.1 Å². The van der Waals surface area contributed by atoms with Crippen LogP contribution < -0.4 is 4.90 Å². The number of anilines is 1. The van der Waals surface area contributed by atoms with Crippen LogP contribution in [0.4, 0.5) is 5.69 Å². The van der Waals surface area contributed by atoms with Crippen molar-refractivity contribution < 1.29 is 24.5 Å². The van der Waals surface area contributed by atoms with E-state index in [1.165, 1.54) is 0 Å². The molecule has 0 N–H and O–H groups in total. The number of benzene rings is 3. The fourth-order valence-electron chi connectivity index (χ4n) is 3.53. The molecule has 3 aromatic carbocycles. The standard InChI is InChI=1S/C16H12N2O.C11H8N.Ir/c1-17-9-10-18(11-17)14-7-4-6-13-12-5-2-3-8-15(12)19-16(13)14;1-2-6-10(7-3-1)11-8-4-5-9-12-11;/h2-6,8-11H,1H3;1-6,8-9H;/q-2;-1;+3. The number of para-hydroxylation sites is 1. The quantitative estimate of drug-likeness (QED) is 0.226. The Morgan fingerprint density at radius 3 is 2.44 bits per heavy atom. The Kier molecular flexibility index (Phi) is 6.69. The molecule has 0 spiro atoms. The van der Waals surface area contributed by atoms with Gasteiger partial charge >= 0.3 is 20.1 Å². The van der Waals surface area contributed by atoms with Gasteiger partial charge in [0, 0.05) is 17.2 Å². The second-order valence-electron chi connectivity index (χ2n) is 7.14. The van der Waals surface area contributed by atoms with E-state index < -0.39 is 0 Å². The minimum Gasteiger partial charge on any atom is -0.514 e. The van der Waals surface area contributed by atoms with Gasteiger partial charge in [0.15, 0.2) is 0 Å². The van der Waals surface area contributed by atoms with Crippen molar-refractivity contribution in [2.75, 3.05) is 11.9 Å². The summed E-state index contributed by atoms with van der Waals surface area (Å²) in [6.45, 7) is 2.00. The van der Waals surface area contributed by atoms with Crippen LogP contribution in [0.25, 0.3) is 33.2 Å². The minimum atomic E-state index is 0. The van der Waals surface area contributed by atoms with E-state index in [4.69, 9.17) is 4.42 Å². The number of pyridine rings is 1. The summed E-state index contributed by atoms with van der Waals surface area (Å²) in [4.78, 5) is 8.23. The van der Waals surface area contributed by atoms with E-state index in [2.05, 4.69) is 23.2 Å². The predicted molar refractivity (Wildman–Crippen MR) is 125 cm³/mol. The van der Waals surface area contributed by atoms with Gasteiger partial charge in [-0.15, -0.1) is 35.9 Å². The fraction of sp³-hybridized carbons (Fsp3) is 0.0370. The SMILES string of the molecule is CN1C=CN(c2[c-]ccc3c2oc2ccccc23)[CH-]1.[Ir+3].[c-]1ccccc1-c1ccccn1. The second-order valence-corrected chi connectivity index (χ2v) is 7.14. The first-order valence-corrected chi connectivity index (χ1v) is 10.0. The van der Waals surface area contributed by atoms with Crippen molar-refractivity contribution in [2.24, 2.45) is 0 Å². The Labute approximate surface area is 201 Å². The van der Waals surface area contributed by atoms with Crippen molar-refractivity contribution in [1.29, 1.82) is 0 Å².